The van der Waals surface area contributed by atoms with E-state index in [1.54, 1.807) is 13.2 Å². The molecule has 0 unspecified atom stereocenters. The summed E-state index contributed by atoms with van der Waals surface area (Å²) in [6.45, 7) is 7.74. The average Bonchev–Trinajstić information content (AvgIpc) is 2.67. The van der Waals surface area contributed by atoms with Crippen LogP contribution in [-0.2, 0) is 6.61 Å². The van der Waals surface area contributed by atoms with Crippen LogP contribution < -0.4 is 19.5 Å². The van der Waals surface area contributed by atoms with Crippen LogP contribution in [0.25, 0.3) is 0 Å². The molecular weight excluding hydrogens is 342 g/mol. The summed E-state index contributed by atoms with van der Waals surface area (Å²) in [5, 5.41) is 2.96. The van der Waals surface area contributed by atoms with Crippen molar-refractivity contribution < 1.29 is 19.0 Å². The van der Waals surface area contributed by atoms with E-state index in [0.717, 1.165) is 29.2 Å². The summed E-state index contributed by atoms with van der Waals surface area (Å²) in [5.74, 6) is 2.70. The first-order chi connectivity index (χ1) is 13.0. The van der Waals surface area contributed by atoms with Crippen molar-refractivity contribution in [3.05, 3.63) is 53.6 Å². The third kappa shape index (κ3) is 6.51. The second-order valence-corrected chi connectivity index (χ2v) is 6.66. The normalized spacial score (nSPS) is 10.6. The van der Waals surface area contributed by atoms with Crippen LogP contribution in [0.15, 0.2) is 42.5 Å². The Bertz CT molecular complexity index is 726. The monoisotopic (exact) mass is 371 g/mol. The maximum Gasteiger partial charge on any atom is 0.251 e. The summed E-state index contributed by atoms with van der Waals surface area (Å²) < 4.78 is 16.7. The maximum atomic E-state index is 12.4. The molecule has 0 saturated heterocycles. The van der Waals surface area contributed by atoms with Gasteiger partial charge in [0.25, 0.3) is 5.91 Å². The SMILES string of the molecule is CCOc1ccc(C(=O)NCCC(C)C)cc1COc1ccc(OC)cc1. The predicted molar refractivity (Wildman–Crippen MR) is 107 cm³/mol. The summed E-state index contributed by atoms with van der Waals surface area (Å²) in [6.07, 6.45) is 0.955. The zero-order chi connectivity index (χ0) is 19.6. The van der Waals surface area contributed by atoms with Gasteiger partial charge < -0.3 is 19.5 Å². The molecule has 27 heavy (non-hydrogen) atoms. The van der Waals surface area contributed by atoms with Crippen LogP contribution in [-0.4, -0.2) is 26.2 Å². The Kier molecular flexibility index (Phi) is 7.99. The van der Waals surface area contributed by atoms with Gasteiger partial charge in [-0.2, -0.15) is 0 Å². The molecule has 146 valence electrons. The molecular formula is C22H29NO4. The van der Waals surface area contributed by atoms with E-state index in [0.29, 0.717) is 31.2 Å². The standard InChI is InChI=1S/C22H29NO4/c1-5-26-21-11-6-17(22(24)23-13-12-16(2)3)14-18(21)15-27-20-9-7-19(25-4)8-10-20/h6-11,14,16H,5,12-13,15H2,1-4H3,(H,23,24). The van der Waals surface area contributed by atoms with Crippen molar-refractivity contribution in [2.75, 3.05) is 20.3 Å². The first-order valence-corrected chi connectivity index (χ1v) is 9.34. The first-order valence-electron chi connectivity index (χ1n) is 9.34. The third-order valence-electron chi connectivity index (χ3n) is 4.08. The van der Waals surface area contributed by atoms with Crippen molar-refractivity contribution in [3.8, 4) is 17.2 Å². The molecule has 1 amide bonds. The Morgan fingerprint density at radius 3 is 2.37 bits per heavy atom. The van der Waals surface area contributed by atoms with Crippen LogP contribution in [0, 0.1) is 5.92 Å². The van der Waals surface area contributed by atoms with E-state index in [4.69, 9.17) is 14.2 Å². The van der Waals surface area contributed by atoms with E-state index < -0.39 is 0 Å². The summed E-state index contributed by atoms with van der Waals surface area (Å²) in [4.78, 5) is 12.4. The molecule has 2 rings (SSSR count). The largest absolute Gasteiger partial charge is 0.497 e. The van der Waals surface area contributed by atoms with E-state index >= 15 is 0 Å². The Labute approximate surface area is 161 Å². The highest BCUT2D eigenvalue weighted by molar-refractivity contribution is 5.94. The topological polar surface area (TPSA) is 56.8 Å². The molecule has 0 aromatic heterocycles. The zero-order valence-electron chi connectivity index (χ0n) is 16.6. The average molecular weight is 371 g/mol. The van der Waals surface area contributed by atoms with Crippen LogP contribution in [0.5, 0.6) is 17.2 Å². The first kappa shape index (κ1) is 20.6. The predicted octanol–water partition coefficient (Wildman–Crippen LogP) is 4.45. The molecule has 5 heteroatoms. The highest BCUT2D eigenvalue weighted by Crippen LogP contribution is 2.24. The van der Waals surface area contributed by atoms with Crippen molar-refractivity contribution in [3.63, 3.8) is 0 Å². The molecule has 0 aliphatic heterocycles. The van der Waals surface area contributed by atoms with Gasteiger partial charge >= 0.3 is 0 Å². The molecule has 0 spiro atoms. The maximum absolute atomic E-state index is 12.4. The van der Waals surface area contributed by atoms with Crippen LogP contribution in [0.3, 0.4) is 0 Å². The highest BCUT2D eigenvalue weighted by atomic mass is 16.5. The number of benzene rings is 2. The molecule has 0 aliphatic rings. The lowest BCUT2D eigenvalue weighted by atomic mass is 10.1. The number of hydrogen-bond acceptors (Lipinski definition) is 4. The van der Waals surface area contributed by atoms with Crippen molar-refractivity contribution in [1.82, 2.24) is 5.32 Å². The number of hydrogen-bond donors (Lipinski definition) is 1. The van der Waals surface area contributed by atoms with E-state index in [1.807, 2.05) is 43.3 Å². The van der Waals surface area contributed by atoms with Gasteiger partial charge in [0.1, 0.15) is 23.9 Å². The van der Waals surface area contributed by atoms with Crippen molar-refractivity contribution in [2.24, 2.45) is 5.92 Å². The van der Waals surface area contributed by atoms with E-state index in [2.05, 4.69) is 19.2 Å². The molecule has 0 heterocycles. The second-order valence-electron chi connectivity index (χ2n) is 6.66. The van der Waals surface area contributed by atoms with Gasteiger partial charge in [0.2, 0.25) is 0 Å². The summed E-state index contributed by atoms with van der Waals surface area (Å²) >= 11 is 0. The van der Waals surface area contributed by atoms with E-state index in [-0.39, 0.29) is 5.91 Å². The van der Waals surface area contributed by atoms with Gasteiger partial charge in [-0.1, -0.05) is 13.8 Å². The Hall–Kier alpha value is -2.69. The van der Waals surface area contributed by atoms with Gasteiger partial charge in [0, 0.05) is 17.7 Å². The fraction of sp³-hybridized carbons (Fsp3) is 0.409. The van der Waals surface area contributed by atoms with E-state index in [9.17, 15) is 4.79 Å². The number of carbonyl (C=O) groups excluding carboxylic acids is 1. The van der Waals surface area contributed by atoms with Gasteiger partial charge in [0.15, 0.2) is 0 Å². The summed E-state index contributed by atoms with van der Waals surface area (Å²) in [7, 11) is 1.63. The lowest BCUT2D eigenvalue weighted by Gasteiger charge is -2.14. The smallest absolute Gasteiger partial charge is 0.251 e. The van der Waals surface area contributed by atoms with Gasteiger partial charge in [-0.25, -0.2) is 0 Å². The Morgan fingerprint density at radius 1 is 1.04 bits per heavy atom. The minimum absolute atomic E-state index is 0.0793. The van der Waals surface area contributed by atoms with Crippen LogP contribution in [0.4, 0.5) is 0 Å². The fourth-order valence-corrected chi connectivity index (χ4v) is 2.54. The molecule has 0 bridgehead atoms. The molecule has 1 N–H and O–H groups in total. The highest BCUT2D eigenvalue weighted by Gasteiger charge is 2.11. The van der Waals surface area contributed by atoms with Crippen LogP contribution >= 0.6 is 0 Å². The quantitative estimate of drug-likeness (QED) is 0.670. The molecule has 0 saturated carbocycles. The van der Waals surface area contributed by atoms with Crippen molar-refractivity contribution >= 4 is 5.91 Å². The van der Waals surface area contributed by atoms with Crippen molar-refractivity contribution in [1.29, 1.82) is 0 Å². The number of amides is 1. The number of carbonyl (C=O) groups is 1. The molecule has 5 nitrogen and oxygen atoms in total. The molecule has 2 aromatic carbocycles. The number of methoxy groups -OCH3 is 1. The van der Waals surface area contributed by atoms with Gasteiger partial charge in [0.05, 0.1) is 13.7 Å². The fourth-order valence-electron chi connectivity index (χ4n) is 2.54. The second kappa shape index (κ2) is 10.5. The molecule has 0 fully saturated rings. The minimum Gasteiger partial charge on any atom is -0.497 e. The molecule has 0 aliphatic carbocycles. The van der Waals surface area contributed by atoms with E-state index in [1.165, 1.54) is 0 Å². The Balaban J connectivity index is 2.08. The van der Waals surface area contributed by atoms with Crippen LogP contribution in [0.2, 0.25) is 0 Å². The van der Waals surface area contributed by atoms with Gasteiger partial charge in [-0.05, 0) is 61.7 Å². The van der Waals surface area contributed by atoms with Gasteiger partial charge in [-0.3, -0.25) is 4.79 Å². The molecule has 0 atom stereocenters. The summed E-state index contributed by atoms with van der Waals surface area (Å²) in [6, 6.07) is 12.8. The van der Waals surface area contributed by atoms with Gasteiger partial charge in [-0.15, -0.1) is 0 Å². The van der Waals surface area contributed by atoms with Crippen LogP contribution in [0.1, 0.15) is 43.1 Å². The molecule has 0 radical (unpaired) electrons. The third-order valence-corrected chi connectivity index (χ3v) is 4.08. The number of nitrogens with one attached hydrogen (secondary N) is 1. The van der Waals surface area contributed by atoms with Crippen molar-refractivity contribution in [2.45, 2.75) is 33.8 Å². The number of rotatable bonds is 10. The number of ether oxygens (including phenoxy) is 3. The Morgan fingerprint density at radius 2 is 1.74 bits per heavy atom. The summed E-state index contributed by atoms with van der Waals surface area (Å²) in [5.41, 5.74) is 1.44. The lowest BCUT2D eigenvalue weighted by Crippen LogP contribution is -2.25. The lowest BCUT2D eigenvalue weighted by molar-refractivity contribution is 0.0952. The zero-order valence-corrected chi connectivity index (χ0v) is 16.6. The molecule has 2 aromatic rings. The minimum atomic E-state index is -0.0793.